The second-order valence-corrected chi connectivity index (χ2v) is 10.4. The molecule has 0 atom stereocenters. The largest absolute Gasteiger partial charge is 0.277 e. The van der Waals surface area contributed by atoms with Crippen molar-refractivity contribution < 1.29 is 12.0 Å². The highest BCUT2D eigenvalue weighted by Gasteiger charge is 2.36. The van der Waals surface area contributed by atoms with Crippen LogP contribution in [0.1, 0.15) is 13.3 Å². The predicted octanol–water partition coefficient (Wildman–Crippen LogP) is 5.64. The molecule has 0 aliphatic carbocycles. The van der Waals surface area contributed by atoms with E-state index in [-0.39, 0.29) is 5.75 Å². The Kier molecular flexibility index (Phi) is 5.81. The zero-order valence-corrected chi connectivity index (χ0v) is 16.2. The van der Waals surface area contributed by atoms with Crippen molar-refractivity contribution in [2.24, 2.45) is 0 Å². The molecule has 0 saturated carbocycles. The fourth-order valence-electron chi connectivity index (χ4n) is 2.80. The highest BCUT2D eigenvalue weighted by atomic mass is 32.3. The Morgan fingerprint density at radius 1 is 0.654 bits per heavy atom. The summed E-state index contributed by atoms with van der Waals surface area (Å²) in [5.41, 5.74) is 0. The summed E-state index contributed by atoms with van der Waals surface area (Å²) in [6, 6.07) is 28.9. The molecule has 0 bridgehead atoms. The van der Waals surface area contributed by atoms with E-state index >= 15 is 0 Å². The summed E-state index contributed by atoms with van der Waals surface area (Å²) in [7, 11) is -6.10. The van der Waals surface area contributed by atoms with Gasteiger partial charge in [0, 0.05) is 14.7 Å². The Bertz CT molecular complexity index is 828. The van der Waals surface area contributed by atoms with Crippen molar-refractivity contribution >= 4 is 20.4 Å². The maximum Gasteiger partial charge on any atom is 0.277 e. The number of benzene rings is 3. The Morgan fingerprint density at radius 2 is 1.00 bits per heavy atom. The Balaban J connectivity index is 2.32. The monoisotopic (exact) mass is 386 g/mol. The Hall–Kier alpha value is -2.08. The molecule has 3 rings (SSSR count). The molecule has 0 radical (unpaired) electrons. The van der Waals surface area contributed by atoms with E-state index in [4.69, 9.17) is 3.63 Å². The minimum Gasteiger partial charge on any atom is -0.207 e. The van der Waals surface area contributed by atoms with Crippen molar-refractivity contribution in [3.05, 3.63) is 91.0 Å². The zero-order chi connectivity index (χ0) is 18.5. The van der Waals surface area contributed by atoms with Gasteiger partial charge >= 0.3 is 0 Å². The van der Waals surface area contributed by atoms with Crippen LogP contribution in [-0.4, -0.2) is 14.2 Å². The fraction of sp³-hybridized carbons (Fsp3) is 0.143. The van der Waals surface area contributed by atoms with E-state index in [1.807, 2.05) is 97.9 Å². The second kappa shape index (κ2) is 8.08. The quantitative estimate of drug-likeness (QED) is 0.528. The maximum atomic E-state index is 12.8. The third-order valence-corrected chi connectivity index (χ3v) is 9.25. The molecule has 0 N–H and O–H groups in total. The minimum atomic E-state index is -3.70. The lowest BCUT2D eigenvalue weighted by Gasteiger charge is -2.39. The van der Waals surface area contributed by atoms with E-state index in [2.05, 4.69) is 0 Å². The number of hydrogen-bond acceptors (Lipinski definition) is 3. The van der Waals surface area contributed by atoms with Gasteiger partial charge in [-0.05, 0) is 53.1 Å². The molecule has 5 heteroatoms. The Labute approximate surface area is 157 Å². The molecule has 0 saturated heterocycles. The first kappa shape index (κ1) is 18.7. The number of hydrogen-bond donors (Lipinski definition) is 0. The zero-order valence-electron chi connectivity index (χ0n) is 14.6. The summed E-state index contributed by atoms with van der Waals surface area (Å²) in [5.74, 6) is -0.00570. The molecule has 0 heterocycles. The number of rotatable bonds is 7. The van der Waals surface area contributed by atoms with Crippen LogP contribution in [0.5, 0.6) is 0 Å². The average Bonchev–Trinajstić information content (AvgIpc) is 2.68. The molecule has 3 nitrogen and oxygen atoms in total. The van der Waals surface area contributed by atoms with Crippen LogP contribution in [0.4, 0.5) is 0 Å². The van der Waals surface area contributed by atoms with Gasteiger partial charge in [0.05, 0.1) is 5.75 Å². The molecular formula is C21H22O3S2. The van der Waals surface area contributed by atoms with Crippen molar-refractivity contribution in [3.8, 4) is 0 Å². The SMILES string of the molecule is CCCS(=O)(=O)OS(c1ccccc1)(c1ccccc1)c1ccccc1. The van der Waals surface area contributed by atoms with E-state index in [0.717, 1.165) is 14.7 Å². The first-order valence-electron chi connectivity index (χ1n) is 8.51. The minimum absolute atomic E-state index is 0.00570. The van der Waals surface area contributed by atoms with Crippen molar-refractivity contribution in [1.29, 1.82) is 0 Å². The lowest BCUT2D eigenvalue weighted by Crippen LogP contribution is -2.16. The van der Waals surface area contributed by atoms with Gasteiger partial charge < -0.3 is 0 Å². The van der Waals surface area contributed by atoms with Crippen LogP contribution in [0.2, 0.25) is 0 Å². The maximum absolute atomic E-state index is 12.8. The standard InChI is InChI=1S/C21H22O3S2/c1-2-18-25(22,23)24-26(19-12-6-3-7-13-19,20-14-8-4-9-15-20)21-16-10-5-11-17-21/h3-17H,2,18H2,1H3. The van der Waals surface area contributed by atoms with Gasteiger partial charge in [-0.3, -0.25) is 0 Å². The molecule has 0 amide bonds. The van der Waals surface area contributed by atoms with Crippen LogP contribution in [0.3, 0.4) is 0 Å². The van der Waals surface area contributed by atoms with Gasteiger partial charge in [0.25, 0.3) is 10.1 Å². The highest BCUT2D eigenvalue weighted by molar-refractivity contribution is 8.33. The third-order valence-electron chi connectivity index (χ3n) is 3.89. The van der Waals surface area contributed by atoms with E-state index in [0.29, 0.717) is 6.42 Å². The van der Waals surface area contributed by atoms with E-state index in [1.54, 1.807) is 0 Å². The van der Waals surface area contributed by atoms with Crippen LogP contribution in [0.25, 0.3) is 0 Å². The van der Waals surface area contributed by atoms with E-state index < -0.39 is 20.4 Å². The molecule has 136 valence electrons. The van der Waals surface area contributed by atoms with E-state index in [1.165, 1.54) is 0 Å². The van der Waals surface area contributed by atoms with E-state index in [9.17, 15) is 8.42 Å². The summed E-state index contributed by atoms with van der Waals surface area (Å²) in [6.45, 7) is 1.84. The smallest absolute Gasteiger partial charge is 0.207 e. The topological polar surface area (TPSA) is 43.4 Å². The highest BCUT2D eigenvalue weighted by Crippen LogP contribution is 2.69. The lowest BCUT2D eigenvalue weighted by molar-refractivity contribution is 0.507. The normalized spacial score (nSPS) is 12.7. The molecule has 0 spiro atoms. The van der Waals surface area contributed by atoms with Gasteiger partial charge in [-0.25, -0.2) is 3.63 Å². The first-order valence-corrected chi connectivity index (χ1v) is 11.6. The molecule has 0 unspecified atom stereocenters. The molecular weight excluding hydrogens is 364 g/mol. The van der Waals surface area contributed by atoms with Crippen molar-refractivity contribution in [2.45, 2.75) is 28.0 Å². The van der Waals surface area contributed by atoms with Gasteiger partial charge in [-0.15, -0.1) is 0 Å². The molecule has 3 aromatic rings. The van der Waals surface area contributed by atoms with Crippen LogP contribution < -0.4 is 0 Å². The summed E-state index contributed by atoms with van der Waals surface area (Å²) >= 11 is 0. The van der Waals surface area contributed by atoms with Crippen molar-refractivity contribution in [1.82, 2.24) is 0 Å². The van der Waals surface area contributed by atoms with Crippen molar-refractivity contribution in [3.63, 3.8) is 0 Å². The van der Waals surface area contributed by atoms with Gasteiger partial charge in [-0.2, -0.15) is 8.42 Å². The third kappa shape index (κ3) is 3.85. The van der Waals surface area contributed by atoms with Gasteiger partial charge in [-0.1, -0.05) is 61.5 Å². The fourth-order valence-corrected chi connectivity index (χ4v) is 8.20. The first-order chi connectivity index (χ1) is 12.6. The molecule has 0 aliphatic heterocycles. The summed E-state index contributed by atoms with van der Waals surface area (Å²) in [6.07, 6.45) is 0.510. The molecule has 0 aliphatic rings. The second-order valence-electron chi connectivity index (χ2n) is 5.83. The lowest BCUT2D eigenvalue weighted by atomic mass is 10.4. The molecule has 3 aromatic carbocycles. The predicted molar refractivity (Wildman–Crippen MR) is 107 cm³/mol. The molecule has 26 heavy (non-hydrogen) atoms. The van der Waals surface area contributed by atoms with Crippen LogP contribution >= 0.6 is 10.3 Å². The van der Waals surface area contributed by atoms with Crippen molar-refractivity contribution in [2.75, 3.05) is 5.75 Å². The van der Waals surface area contributed by atoms with Gasteiger partial charge in [0.15, 0.2) is 0 Å². The van der Waals surface area contributed by atoms with Gasteiger partial charge in [0.2, 0.25) is 0 Å². The summed E-state index contributed by atoms with van der Waals surface area (Å²) in [4.78, 5) is 2.58. The average molecular weight is 387 g/mol. The summed E-state index contributed by atoms with van der Waals surface area (Å²) < 4.78 is 31.6. The van der Waals surface area contributed by atoms with Crippen LogP contribution in [-0.2, 0) is 13.7 Å². The van der Waals surface area contributed by atoms with Crippen LogP contribution in [0, 0.1) is 0 Å². The Morgan fingerprint density at radius 3 is 1.31 bits per heavy atom. The summed E-state index contributed by atoms with van der Waals surface area (Å²) in [5, 5.41) is 0. The van der Waals surface area contributed by atoms with Crippen LogP contribution in [0.15, 0.2) is 106 Å². The van der Waals surface area contributed by atoms with Gasteiger partial charge in [0.1, 0.15) is 0 Å². The molecule has 0 fully saturated rings. The molecule has 0 aromatic heterocycles.